The van der Waals surface area contributed by atoms with Gasteiger partial charge >= 0.3 is 0 Å². The first-order valence-electron chi connectivity index (χ1n) is 6.99. The van der Waals surface area contributed by atoms with E-state index in [2.05, 4.69) is 51.3 Å². The molecule has 3 heteroatoms. The highest BCUT2D eigenvalue weighted by Gasteiger charge is 2.23. The first-order valence-corrected chi connectivity index (χ1v) is 7.78. The third-order valence-electron chi connectivity index (χ3n) is 3.99. The van der Waals surface area contributed by atoms with E-state index in [9.17, 15) is 0 Å². The quantitative estimate of drug-likeness (QED) is 0.898. The fourth-order valence-electron chi connectivity index (χ4n) is 2.69. The van der Waals surface area contributed by atoms with Gasteiger partial charge in [0.05, 0.1) is 0 Å². The summed E-state index contributed by atoms with van der Waals surface area (Å²) < 4.78 is 1.19. The van der Waals surface area contributed by atoms with E-state index in [4.69, 9.17) is 0 Å². The Bertz CT molecular complexity index is 429. The first-order chi connectivity index (χ1) is 8.72. The number of halogens is 1. The molecule has 0 aromatic heterocycles. The summed E-state index contributed by atoms with van der Waals surface area (Å²) in [5, 5.41) is 3.66. The summed E-state index contributed by atoms with van der Waals surface area (Å²) in [6, 6.07) is 7.24. The van der Waals surface area contributed by atoms with Gasteiger partial charge < -0.3 is 10.2 Å². The van der Waals surface area contributed by atoms with E-state index in [1.54, 1.807) is 0 Å². The largest absolute Gasteiger partial charge is 0.369 e. The number of nitrogens with one attached hydrogen (secondary N) is 1. The lowest BCUT2D eigenvalue weighted by molar-refractivity contribution is 0.522. The van der Waals surface area contributed by atoms with Gasteiger partial charge in [-0.25, -0.2) is 0 Å². The second-order valence-corrected chi connectivity index (χ2v) is 6.64. The number of nitrogens with zero attached hydrogens (tertiary/aromatic N) is 1. The summed E-state index contributed by atoms with van der Waals surface area (Å²) in [4.78, 5) is 2.52. The van der Waals surface area contributed by atoms with Crippen LogP contribution in [0.5, 0.6) is 0 Å². The van der Waals surface area contributed by atoms with Gasteiger partial charge in [-0.1, -0.05) is 22.0 Å². The van der Waals surface area contributed by atoms with E-state index in [0.29, 0.717) is 6.04 Å². The Labute approximate surface area is 118 Å². The van der Waals surface area contributed by atoms with E-state index in [-0.39, 0.29) is 0 Å². The highest BCUT2D eigenvalue weighted by atomic mass is 79.9. The average Bonchev–Trinajstić information content (AvgIpc) is 3.11. The molecule has 1 N–H and O–H groups in total. The van der Waals surface area contributed by atoms with Gasteiger partial charge in [-0.3, -0.25) is 0 Å². The smallest absolute Gasteiger partial charge is 0.0411 e. The summed E-state index contributed by atoms with van der Waals surface area (Å²) >= 11 is 3.57. The Hall–Kier alpha value is -0.540. The van der Waals surface area contributed by atoms with Crippen molar-refractivity contribution in [3.63, 3.8) is 0 Å². The van der Waals surface area contributed by atoms with Crippen molar-refractivity contribution < 1.29 is 0 Å². The van der Waals surface area contributed by atoms with E-state index in [1.807, 2.05) is 0 Å². The van der Waals surface area contributed by atoms with Crippen LogP contribution in [-0.2, 0) is 6.42 Å². The molecule has 1 saturated carbocycles. The number of fused-ring (bicyclic) bond motifs is 1. The zero-order chi connectivity index (χ0) is 12.5. The normalized spacial score (nSPS) is 20.0. The summed E-state index contributed by atoms with van der Waals surface area (Å²) in [5.41, 5.74) is 2.91. The maximum Gasteiger partial charge on any atom is 0.0411 e. The molecule has 0 spiro atoms. The second kappa shape index (κ2) is 5.22. The third kappa shape index (κ3) is 2.89. The van der Waals surface area contributed by atoms with E-state index in [0.717, 1.165) is 12.5 Å². The van der Waals surface area contributed by atoms with Crippen LogP contribution in [0.1, 0.15) is 25.3 Å². The van der Waals surface area contributed by atoms with Crippen molar-refractivity contribution >= 4 is 21.6 Å². The molecule has 1 fully saturated rings. The summed E-state index contributed by atoms with van der Waals surface area (Å²) in [7, 11) is 0. The summed E-state index contributed by atoms with van der Waals surface area (Å²) in [6.07, 6.45) is 4.05. The monoisotopic (exact) mass is 308 g/mol. The van der Waals surface area contributed by atoms with Gasteiger partial charge in [-0.05, 0) is 56.3 Å². The molecule has 98 valence electrons. The van der Waals surface area contributed by atoms with Crippen molar-refractivity contribution in [1.29, 1.82) is 0 Å². The van der Waals surface area contributed by atoms with Crippen LogP contribution >= 0.6 is 15.9 Å². The molecule has 2 nitrogen and oxygen atoms in total. The molecule has 1 heterocycles. The number of anilines is 1. The zero-order valence-electron chi connectivity index (χ0n) is 11.0. The molecule has 0 radical (unpaired) electrons. The average molecular weight is 309 g/mol. The van der Waals surface area contributed by atoms with Crippen LogP contribution in [0.15, 0.2) is 22.7 Å². The maximum absolute atomic E-state index is 3.66. The van der Waals surface area contributed by atoms with Crippen LogP contribution in [0.2, 0.25) is 0 Å². The molecule has 1 aliphatic heterocycles. The van der Waals surface area contributed by atoms with Gasteiger partial charge in [0.2, 0.25) is 0 Å². The highest BCUT2D eigenvalue weighted by Crippen LogP contribution is 2.31. The number of benzene rings is 1. The second-order valence-electron chi connectivity index (χ2n) is 5.72. The number of hydrogen-bond donors (Lipinski definition) is 1. The van der Waals surface area contributed by atoms with Crippen molar-refractivity contribution in [2.75, 3.05) is 24.5 Å². The van der Waals surface area contributed by atoms with Crippen LogP contribution in [0.3, 0.4) is 0 Å². The molecule has 1 aliphatic carbocycles. The van der Waals surface area contributed by atoms with Crippen molar-refractivity contribution in [2.45, 2.75) is 32.2 Å². The minimum atomic E-state index is 0.579. The van der Waals surface area contributed by atoms with E-state index in [1.165, 1.54) is 48.1 Å². The summed E-state index contributed by atoms with van der Waals surface area (Å²) in [5.74, 6) is 0.965. The van der Waals surface area contributed by atoms with Crippen LogP contribution < -0.4 is 10.2 Å². The van der Waals surface area contributed by atoms with Crippen LogP contribution in [0.4, 0.5) is 5.69 Å². The zero-order valence-corrected chi connectivity index (χ0v) is 12.5. The predicted octanol–water partition coefficient (Wildman–Crippen LogP) is 3.20. The van der Waals surface area contributed by atoms with Crippen molar-refractivity contribution in [3.05, 3.63) is 28.2 Å². The fourth-order valence-corrected chi connectivity index (χ4v) is 3.04. The SMILES string of the molecule is C[C@@H](CN1CCc2ccc(Br)cc21)NCC1CC1. The fraction of sp³-hybridized carbons (Fsp3) is 0.600. The number of rotatable bonds is 5. The van der Waals surface area contributed by atoms with Crippen LogP contribution in [-0.4, -0.2) is 25.7 Å². The molecule has 1 aromatic carbocycles. The van der Waals surface area contributed by atoms with Gasteiger partial charge in [0.25, 0.3) is 0 Å². The first kappa shape index (κ1) is 12.5. The topological polar surface area (TPSA) is 15.3 Å². The molecule has 1 atom stereocenters. The standard InChI is InChI=1S/C15H21BrN2/c1-11(17-9-12-2-3-12)10-18-7-6-13-4-5-14(16)8-15(13)18/h4-5,8,11-12,17H,2-3,6-7,9-10H2,1H3/t11-/m0/s1. The van der Waals surface area contributed by atoms with E-state index < -0.39 is 0 Å². The molecule has 0 unspecified atom stereocenters. The molecule has 0 bridgehead atoms. The molecule has 1 aromatic rings. The molecule has 0 saturated heterocycles. The van der Waals surface area contributed by atoms with Gasteiger partial charge in [-0.2, -0.15) is 0 Å². The lowest BCUT2D eigenvalue weighted by Crippen LogP contribution is -2.39. The molecular formula is C15H21BrN2. The van der Waals surface area contributed by atoms with Crippen LogP contribution in [0, 0.1) is 5.92 Å². The van der Waals surface area contributed by atoms with Crippen molar-refractivity contribution in [1.82, 2.24) is 5.32 Å². The summed E-state index contributed by atoms with van der Waals surface area (Å²) in [6.45, 7) is 5.80. The van der Waals surface area contributed by atoms with Crippen LogP contribution in [0.25, 0.3) is 0 Å². The molecule has 18 heavy (non-hydrogen) atoms. The Morgan fingerprint density at radius 3 is 3.06 bits per heavy atom. The molecule has 0 amide bonds. The van der Waals surface area contributed by atoms with Crippen molar-refractivity contribution in [2.24, 2.45) is 5.92 Å². The lowest BCUT2D eigenvalue weighted by atomic mass is 10.2. The van der Waals surface area contributed by atoms with Gasteiger partial charge in [0, 0.05) is 29.3 Å². The van der Waals surface area contributed by atoms with E-state index >= 15 is 0 Å². The highest BCUT2D eigenvalue weighted by molar-refractivity contribution is 9.10. The maximum atomic E-state index is 3.66. The van der Waals surface area contributed by atoms with Gasteiger partial charge in [0.1, 0.15) is 0 Å². The minimum Gasteiger partial charge on any atom is -0.369 e. The van der Waals surface area contributed by atoms with Gasteiger partial charge in [0.15, 0.2) is 0 Å². The molecular weight excluding hydrogens is 288 g/mol. The predicted molar refractivity (Wildman–Crippen MR) is 80.2 cm³/mol. The van der Waals surface area contributed by atoms with Gasteiger partial charge in [-0.15, -0.1) is 0 Å². The lowest BCUT2D eigenvalue weighted by Gasteiger charge is -2.24. The molecule has 3 rings (SSSR count). The minimum absolute atomic E-state index is 0.579. The third-order valence-corrected chi connectivity index (χ3v) is 4.48. The molecule has 2 aliphatic rings. The Kier molecular flexibility index (Phi) is 3.62. The Morgan fingerprint density at radius 1 is 1.44 bits per heavy atom. The Balaban J connectivity index is 1.59. The number of hydrogen-bond acceptors (Lipinski definition) is 2. The Morgan fingerprint density at radius 2 is 2.28 bits per heavy atom. The van der Waals surface area contributed by atoms with Crippen molar-refractivity contribution in [3.8, 4) is 0 Å².